The second-order valence-corrected chi connectivity index (χ2v) is 3.28. The molecule has 0 saturated carbocycles. The number of pyridine rings is 1. The van der Waals surface area contributed by atoms with Crippen LogP contribution in [0.15, 0.2) is 29.6 Å². The lowest BCUT2D eigenvalue weighted by Crippen LogP contribution is -2.11. The topological polar surface area (TPSA) is 82.4 Å². The monoisotopic (exact) mass is 212 g/mol. The molecule has 0 aliphatic carbocycles. The highest BCUT2D eigenvalue weighted by molar-refractivity contribution is 5.62. The van der Waals surface area contributed by atoms with E-state index < -0.39 is 0 Å². The molecule has 5 nitrogen and oxygen atoms in total. The fraction of sp³-hybridized carbons (Fsp3) is 0.0909. The van der Waals surface area contributed by atoms with Gasteiger partial charge in [0.1, 0.15) is 6.07 Å². The van der Waals surface area contributed by atoms with E-state index in [1.165, 1.54) is 12.5 Å². The Morgan fingerprint density at radius 2 is 2.25 bits per heavy atom. The molecular weight excluding hydrogens is 204 g/mol. The number of nitriles is 1. The molecule has 0 saturated heterocycles. The molecule has 2 aromatic heterocycles. The molecule has 2 rings (SSSR count). The van der Waals surface area contributed by atoms with E-state index in [9.17, 15) is 4.79 Å². The van der Waals surface area contributed by atoms with Crippen LogP contribution in [-0.2, 0) is 0 Å². The summed E-state index contributed by atoms with van der Waals surface area (Å²) in [6, 6.07) is 3.65. The average molecular weight is 212 g/mol. The molecular formula is C11H8N4O. The van der Waals surface area contributed by atoms with Crippen molar-refractivity contribution in [2.75, 3.05) is 0 Å². The summed E-state index contributed by atoms with van der Waals surface area (Å²) in [6.45, 7) is 1.68. The third-order valence-corrected chi connectivity index (χ3v) is 2.23. The van der Waals surface area contributed by atoms with E-state index in [2.05, 4.69) is 15.0 Å². The van der Waals surface area contributed by atoms with E-state index >= 15 is 0 Å². The Balaban J connectivity index is 2.64. The Hall–Kier alpha value is -2.48. The van der Waals surface area contributed by atoms with Crippen molar-refractivity contribution >= 4 is 0 Å². The minimum Gasteiger partial charge on any atom is -0.313 e. The molecule has 0 aliphatic heterocycles. The zero-order valence-corrected chi connectivity index (χ0v) is 8.56. The smallest absolute Gasteiger partial charge is 0.254 e. The highest BCUT2D eigenvalue weighted by atomic mass is 16.1. The predicted octanol–water partition coefficient (Wildman–Crippen LogP) is 1.01. The number of hydrogen-bond donors (Lipinski definition) is 1. The van der Waals surface area contributed by atoms with Crippen molar-refractivity contribution in [3.05, 3.63) is 46.3 Å². The first-order valence-electron chi connectivity index (χ1n) is 4.62. The van der Waals surface area contributed by atoms with Gasteiger partial charge in [0.05, 0.1) is 17.6 Å². The fourth-order valence-corrected chi connectivity index (χ4v) is 1.39. The van der Waals surface area contributed by atoms with Gasteiger partial charge >= 0.3 is 0 Å². The van der Waals surface area contributed by atoms with Crippen LogP contribution in [0.5, 0.6) is 0 Å². The molecule has 0 aromatic carbocycles. The van der Waals surface area contributed by atoms with Gasteiger partial charge in [-0.15, -0.1) is 0 Å². The molecule has 16 heavy (non-hydrogen) atoms. The van der Waals surface area contributed by atoms with Crippen LogP contribution in [0.3, 0.4) is 0 Å². The van der Waals surface area contributed by atoms with Crippen LogP contribution < -0.4 is 5.56 Å². The van der Waals surface area contributed by atoms with Crippen molar-refractivity contribution < 1.29 is 0 Å². The SMILES string of the molecule is Cc1c(-c2cncc(C#N)c2)nc[nH]c1=O. The normalized spacial score (nSPS) is 9.75. The molecule has 2 aromatic rings. The van der Waals surface area contributed by atoms with E-state index in [-0.39, 0.29) is 5.56 Å². The van der Waals surface area contributed by atoms with Crippen LogP contribution in [0.1, 0.15) is 11.1 Å². The number of aromatic amines is 1. The van der Waals surface area contributed by atoms with Crippen LogP contribution in [0.4, 0.5) is 0 Å². The standard InChI is InChI=1S/C11H8N4O/c1-7-10(14-6-15-11(7)16)9-2-8(3-12)4-13-5-9/h2,4-6H,1H3,(H,14,15,16). The van der Waals surface area contributed by atoms with Crippen LogP contribution in [0.2, 0.25) is 0 Å². The molecule has 0 spiro atoms. The quantitative estimate of drug-likeness (QED) is 0.764. The summed E-state index contributed by atoms with van der Waals surface area (Å²) in [5.74, 6) is 0. The number of aromatic nitrogens is 3. The van der Waals surface area contributed by atoms with E-state index in [1.54, 1.807) is 19.2 Å². The zero-order chi connectivity index (χ0) is 11.5. The van der Waals surface area contributed by atoms with E-state index in [0.717, 1.165) is 0 Å². The zero-order valence-electron chi connectivity index (χ0n) is 8.56. The van der Waals surface area contributed by atoms with Crippen LogP contribution in [-0.4, -0.2) is 15.0 Å². The Morgan fingerprint density at radius 3 is 3.00 bits per heavy atom. The van der Waals surface area contributed by atoms with Gasteiger partial charge in [0.2, 0.25) is 0 Å². The first kappa shape index (κ1) is 10.1. The second-order valence-electron chi connectivity index (χ2n) is 3.28. The van der Waals surface area contributed by atoms with Crippen molar-refractivity contribution in [1.82, 2.24) is 15.0 Å². The summed E-state index contributed by atoms with van der Waals surface area (Å²) in [7, 11) is 0. The number of H-pyrrole nitrogens is 1. The molecule has 0 atom stereocenters. The van der Waals surface area contributed by atoms with E-state index in [1.807, 2.05) is 6.07 Å². The average Bonchev–Trinajstić information content (AvgIpc) is 2.33. The third-order valence-electron chi connectivity index (χ3n) is 2.23. The molecule has 0 amide bonds. The Kier molecular flexibility index (Phi) is 2.48. The number of nitrogens with zero attached hydrogens (tertiary/aromatic N) is 3. The highest BCUT2D eigenvalue weighted by Gasteiger charge is 2.07. The largest absolute Gasteiger partial charge is 0.313 e. The molecule has 0 bridgehead atoms. The van der Waals surface area contributed by atoms with Crippen LogP contribution >= 0.6 is 0 Å². The summed E-state index contributed by atoms with van der Waals surface area (Å²) in [5.41, 5.74) is 1.99. The molecule has 2 heterocycles. The summed E-state index contributed by atoms with van der Waals surface area (Å²) >= 11 is 0. The van der Waals surface area contributed by atoms with Gasteiger partial charge in [-0.05, 0) is 13.0 Å². The minimum absolute atomic E-state index is 0.188. The molecule has 1 N–H and O–H groups in total. The van der Waals surface area contributed by atoms with Crippen LogP contribution in [0.25, 0.3) is 11.3 Å². The highest BCUT2D eigenvalue weighted by Crippen LogP contribution is 2.17. The Labute approximate surface area is 91.4 Å². The molecule has 0 unspecified atom stereocenters. The van der Waals surface area contributed by atoms with Gasteiger partial charge in [-0.1, -0.05) is 0 Å². The first-order valence-corrected chi connectivity index (χ1v) is 4.62. The van der Waals surface area contributed by atoms with Gasteiger partial charge in [0, 0.05) is 23.5 Å². The summed E-state index contributed by atoms with van der Waals surface area (Å²) in [6.07, 6.45) is 4.38. The Morgan fingerprint density at radius 1 is 1.44 bits per heavy atom. The van der Waals surface area contributed by atoms with Gasteiger partial charge in [-0.25, -0.2) is 4.98 Å². The molecule has 5 heteroatoms. The molecule has 78 valence electrons. The maximum absolute atomic E-state index is 11.4. The summed E-state index contributed by atoms with van der Waals surface area (Å²) < 4.78 is 0. The van der Waals surface area contributed by atoms with Crippen molar-refractivity contribution in [1.29, 1.82) is 5.26 Å². The maximum atomic E-state index is 11.4. The molecule has 0 radical (unpaired) electrons. The Bertz CT molecular complexity index is 624. The molecule has 0 aliphatic rings. The van der Waals surface area contributed by atoms with Gasteiger partial charge < -0.3 is 4.98 Å². The first-order chi connectivity index (χ1) is 7.72. The van der Waals surface area contributed by atoms with Gasteiger partial charge in [-0.2, -0.15) is 5.26 Å². The third kappa shape index (κ3) is 1.68. The van der Waals surface area contributed by atoms with E-state index in [0.29, 0.717) is 22.4 Å². The van der Waals surface area contributed by atoms with Crippen molar-refractivity contribution in [2.24, 2.45) is 0 Å². The van der Waals surface area contributed by atoms with Crippen molar-refractivity contribution in [3.63, 3.8) is 0 Å². The molecule has 0 fully saturated rings. The number of hydrogen-bond acceptors (Lipinski definition) is 4. The minimum atomic E-state index is -0.188. The predicted molar refractivity (Wildman–Crippen MR) is 57.5 cm³/mol. The summed E-state index contributed by atoms with van der Waals surface area (Å²) in [4.78, 5) is 21.9. The number of nitrogens with one attached hydrogen (secondary N) is 1. The van der Waals surface area contributed by atoms with Gasteiger partial charge in [0.15, 0.2) is 0 Å². The lowest BCUT2D eigenvalue weighted by atomic mass is 10.1. The van der Waals surface area contributed by atoms with Crippen molar-refractivity contribution in [2.45, 2.75) is 6.92 Å². The summed E-state index contributed by atoms with van der Waals surface area (Å²) in [5, 5.41) is 8.75. The fourth-order valence-electron chi connectivity index (χ4n) is 1.39. The van der Waals surface area contributed by atoms with Gasteiger partial charge in [0.25, 0.3) is 5.56 Å². The second kappa shape index (κ2) is 3.95. The number of rotatable bonds is 1. The van der Waals surface area contributed by atoms with Gasteiger partial charge in [-0.3, -0.25) is 9.78 Å². The van der Waals surface area contributed by atoms with Crippen molar-refractivity contribution in [3.8, 4) is 17.3 Å². The van der Waals surface area contributed by atoms with E-state index in [4.69, 9.17) is 5.26 Å². The lowest BCUT2D eigenvalue weighted by Gasteiger charge is -2.02. The maximum Gasteiger partial charge on any atom is 0.254 e. The van der Waals surface area contributed by atoms with Crippen LogP contribution in [0, 0.1) is 18.3 Å². The lowest BCUT2D eigenvalue weighted by molar-refractivity contribution is 1.08.